The second kappa shape index (κ2) is 7.96. The fraction of sp³-hybridized carbons (Fsp3) is 0.632. The summed E-state index contributed by atoms with van der Waals surface area (Å²) in [6, 6.07) is 4.81. The number of hydrogen-bond acceptors (Lipinski definition) is 3. The minimum Gasteiger partial charge on any atom is -0.387 e. The van der Waals surface area contributed by atoms with Crippen molar-refractivity contribution >= 4 is 5.91 Å². The summed E-state index contributed by atoms with van der Waals surface area (Å²) >= 11 is 0. The van der Waals surface area contributed by atoms with Crippen LogP contribution in [0.2, 0.25) is 0 Å². The second-order valence-corrected chi connectivity index (χ2v) is 7.43. The Bertz CT molecular complexity index is 631. The molecule has 1 aliphatic heterocycles. The van der Waals surface area contributed by atoms with E-state index in [4.69, 9.17) is 0 Å². The van der Waals surface area contributed by atoms with E-state index in [2.05, 4.69) is 5.32 Å². The zero-order chi connectivity index (χ0) is 18.7. The second-order valence-electron chi connectivity index (χ2n) is 7.43. The topological polar surface area (TPSA) is 52.6 Å². The minimum absolute atomic E-state index is 0.0511. The van der Waals surface area contributed by atoms with Crippen LogP contribution in [0.25, 0.3) is 0 Å². The number of rotatable bonds is 6. The SMILES string of the molecule is O=C(NCC1CC1)C1CCCN(CC(O)c2cccc(C(F)(F)F)c2)C1. The number of nitrogens with zero attached hydrogens (tertiary/aromatic N) is 1. The standard InChI is InChI=1S/C19H25F3N2O2/c20-19(21,22)16-5-1-3-14(9-16)17(25)12-24-8-2-4-15(11-24)18(26)23-10-13-6-7-13/h1,3,5,9,13,15,17,25H,2,4,6-8,10-12H2,(H,23,26). The van der Waals surface area contributed by atoms with Crippen LogP contribution in [0.4, 0.5) is 13.2 Å². The summed E-state index contributed by atoms with van der Waals surface area (Å²) in [5, 5.41) is 13.4. The van der Waals surface area contributed by atoms with E-state index in [1.807, 2.05) is 4.90 Å². The number of benzene rings is 1. The van der Waals surface area contributed by atoms with Crippen molar-refractivity contribution in [3.05, 3.63) is 35.4 Å². The number of alkyl halides is 3. The normalized spacial score (nSPS) is 22.8. The number of halogens is 3. The first kappa shape index (κ1) is 19.2. The highest BCUT2D eigenvalue weighted by Gasteiger charge is 2.32. The number of carbonyl (C=O) groups is 1. The van der Waals surface area contributed by atoms with Gasteiger partial charge in [0.1, 0.15) is 0 Å². The summed E-state index contributed by atoms with van der Waals surface area (Å²) in [4.78, 5) is 14.2. The van der Waals surface area contributed by atoms with E-state index in [9.17, 15) is 23.1 Å². The van der Waals surface area contributed by atoms with Crippen molar-refractivity contribution in [1.82, 2.24) is 10.2 Å². The van der Waals surface area contributed by atoms with Crippen LogP contribution in [0, 0.1) is 11.8 Å². The number of amides is 1. The maximum Gasteiger partial charge on any atom is 0.416 e. The molecule has 1 saturated carbocycles. The zero-order valence-corrected chi connectivity index (χ0v) is 14.6. The van der Waals surface area contributed by atoms with Crippen LogP contribution >= 0.6 is 0 Å². The predicted octanol–water partition coefficient (Wildman–Crippen LogP) is 2.98. The van der Waals surface area contributed by atoms with Gasteiger partial charge in [-0.2, -0.15) is 13.2 Å². The quantitative estimate of drug-likeness (QED) is 0.810. The molecule has 2 aliphatic rings. The lowest BCUT2D eigenvalue weighted by Gasteiger charge is -2.33. The van der Waals surface area contributed by atoms with Crippen molar-refractivity contribution in [2.75, 3.05) is 26.2 Å². The molecule has 3 rings (SSSR count). The lowest BCUT2D eigenvalue weighted by molar-refractivity contribution is -0.137. The van der Waals surface area contributed by atoms with Crippen LogP contribution in [-0.2, 0) is 11.0 Å². The maximum atomic E-state index is 12.8. The van der Waals surface area contributed by atoms with Gasteiger partial charge in [0.2, 0.25) is 5.91 Å². The largest absolute Gasteiger partial charge is 0.416 e. The van der Waals surface area contributed by atoms with Crippen molar-refractivity contribution in [3.8, 4) is 0 Å². The Labute approximate surface area is 151 Å². The lowest BCUT2D eigenvalue weighted by atomic mass is 9.96. The minimum atomic E-state index is -4.43. The summed E-state index contributed by atoms with van der Waals surface area (Å²) in [6.45, 7) is 2.24. The van der Waals surface area contributed by atoms with Gasteiger partial charge in [0.15, 0.2) is 0 Å². The Balaban J connectivity index is 1.54. The first-order chi connectivity index (χ1) is 12.3. The smallest absolute Gasteiger partial charge is 0.387 e. The third-order valence-electron chi connectivity index (χ3n) is 5.17. The fourth-order valence-electron chi connectivity index (χ4n) is 3.42. The van der Waals surface area contributed by atoms with E-state index in [1.54, 1.807) is 0 Å². The van der Waals surface area contributed by atoms with Gasteiger partial charge in [-0.25, -0.2) is 0 Å². The number of β-amino-alcohol motifs (C(OH)–C–C–N with tert-alkyl or cyclic N) is 1. The van der Waals surface area contributed by atoms with Crippen LogP contribution in [0.3, 0.4) is 0 Å². The van der Waals surface area contributed by atoms with Gasteiger partial charge in [0.05, 0.1) is 17.6 Å². The highest BCUT2D eigenvalue weighted by atomic mass is 19.4. The number of aliphatic hydroxyl groups is 1. The fourth-order valence-corrected chi connectivity index (χ4v) is 3.42. The molecular weight excluding hydrogens is 345 g/mol. The molecule has 1 aromatic carbocycles. The number of carbonyl (C=O) groups excluding carboxylic acids is 1. The van der Waals surface area contributed by atoms with E-state index in [1.165, 1.54) is 25.0 Å². The van der Waals surface area contributed by atoms with E-state index in [0.717, 1.165) is 38.1 Å². The first-order valence-corrected chi connectivity index (χ1v) is 9.18. The number of likely N-dealkylation sites (tertiary alicyclic amines) is 1. The van der Waals surface area contributed by atoms with Crippen molar-refractivity contribution in [3.63, 3.8) is 0 Å². The number of nitrogens with one attached hydrogen (secondary N) is 1. The van der Waals surface area contributed by atoms with Crippen molar-refractivity contribution in [2.24, 2.45) is 11.8 Å². The first-order valence-electron chi connectivity index (χ1n) is 9.18. The molecule has 2 N–H and O–H groups in total. The summed E-state index contributed by atoms with van der Waals surface area (Å²) in [7, 11) is 0. The number of piperidine rings is 1. The molecule has 0 bridgehead atoms. The molecule has 2 unspecified atom stereocenters. The monoisotopic (exact) mass is 370 g/mol. The molecule has 0 aromatic heterocycles. The molecule has 1 aromatic rings. The Morgan fingerprint density at radius 3 is 2.77 bits per heavy atom. The molecule has 2 fully saturated rings. The number of aliphatic hydroxyl groups excluding tert-OH is 1. The molecule has 4 nitrogen and oxygen atoms in total. The van der Waals surface area contributed by atoms with Crippen LogP contribution in [-0.4, -0.2) is 42.1 Å². The van der Waals surface area contributed by atoms with Gasteiger partial charge in [-0.1, -0.05) is 12.1 Å². The molecule has 1 aliphatic carbocycles. The number of hydrogen-bond donors (Lipinski definition) is 2. The lowest BCUT2D eigenvalue weighted by Crippen LogP contribution is -2.44. The molecule has 144 valence electrons. The van der Waals surface area contributed by atoms with E-state index >= 15 is 0 Å². The van der Waals surface area contributed by atoms with E-state index in [0.29, 0.717) is 12.5 Å². The average molecular weight is 370 g/mol. The van der Waals surface area contributed by atoms with Crippen molar-refractivity contribution in [1.29, 1.82) is 0 Å². The van der Waals surface area contributed by atoms with Gasteiger partial charge >= 0.3 is 6.18 Å². The summed E-state index contributed by atoms with van der Waals surface area (Å²) in [5.41, 5.74) is -0.509. The van der Waals surface area contributed by atoms with Gasteiger partial charge in [-0.05, 0) is 55.8 Å². The summed E-state index contributed by atoms with van der Waals surface area (Å²) < 4.78 is 38.5. The molecule has 0 spiro atoms. The van der Waals surface area contributed by atoms with Gasteiger partial charge in [0, 0.05) is 19.6 Å². The van der Waals surface area contributed by atoms with Crippen LogP contribution in [0.5, 0.6) is 0 Å². The Kier molecular flexibility index (Phi) is 5.87. The molecule has 1 heterocycles. The molecule has 1 saturated heterocycles. The zero-order valence-electron chi connectivity index (χ0n) is 14.6. The third-order valence-corrected chi connectivity index (χ3v) is 5.17. The van der Waals surface area contributed by atoms with Gasteiger partial charge < -0.3 is 10.4 Å². The van der Waals surface area contributed by atoms with Gasteiger partial charge in [-0.15, -0.1) is 0 Å². The summed E-state index contributed by atoms with van der Waals surface area (Å²) in [5.74, 6) is 0.563. The van der Waals surface area contributed by atoms with E-state index < -0.39 is 17.8 Å². The molecule has 0 radical (unpaired) electrons. The Hall–Kier alpha value is -1.60. The van der Waals surface area contributed by atoms with E-state index in [-0.39, 0.29) is 23.9 Å². The van der Waals surface area contributed by atoms with Gasteiger partial charge in [0.25, 0.3) is 0 Å². The Morgan fingerprint density at radius 2 is 2.08 bits per heavy atom. The molecule has 1 amide bonds. The average Bonchev–Trinajstić information content (AvgIpc) is 3.43. The molecular formula is C19H25F3N2O2. The molecule has 26 heavy (non-hydrogen) atoms. The molecule has 7 heteroatoms. The van der Waals surface area contributed by atoms with Crippen LogP contribution in [0.15, 0.2) is 24.3 Å². The maximum absolute atomic E-state index is 12.8. The molecule has 2 atom stereocenters. The van der Waals surface area contributed by atoms with Gasteiger partial charge in [-0.3, -0.25) is 9.69 Å². The van der Waals surface area contributed by atoms with Crippen molar-refractivity contribution in [2.45, 2.75) is 38.0 Å². The van der Waals surface area contributed by atoms with Crippen molar-refractivity contribution < 1.29 is 23.1 Å². The van der Waals surface area contributed by atoms with Crippen LogP contribution in [0.1, 0.15) is 42.9 Å². The Morgan fingerprint density at radius 1 is 1.31 bits per heavy atom. The highest BCUT2D eigenvalue weighted by Crippen LogP contribution is 2.31. The predicted molar refractivity (Wildman–Crippen MR) is 91.3 cm³/mol. The highest BCUT2D eigenvalue weighted by molar-refractivity contribution is 5.79. The summed E-state index contributed by atoms with van der Waals surface area (Å²) in [6.07, 6.45) is -1.42. The van der Waals surface area contributed by atoms with Crippen LogP contribution < -0.4 is 5.32 Å². The third kappa shape index (κ3) is 5.20.